The van der Waals surface area contributed by atoms with Crippen LogP contribution in [0.25, 0.3) is 10.7 Å². The van der Waals surface area contributed by atoms with Gasteiger partial charge in [-0.1, -0.05) is 60.1 Å². The maximum Gasteiger partial charge on any atom is 0.295 e. The SMILES string of the molecule is O=[N+]([O-])/C(=C(/Cl)c1ccccc1)c1ccccc1. The largest absolute Gasteiger partial charge is 0.295 e. The summed E-state index contributed by atoms with van der Waals surface area (Å²) in [6, 6.07) is 17.5. The molecule has 90 valence electrons. The minimum atomic E-state index is -0.454. The lowest BCUT2D eigenvalue weighted by Crippen LogP contribution is -2.00. The van der Waals surface area contributed by atoms with Crippen LogP contribution in [0.1, 0.15) is 11.1 Å². The summed E-state index contributed by atoms with van der Waals surface area (Å²) in [5.74, 6) is 0. The van der Waals surface area contributed by atoms with E-state index < -0.39 is 4.92 Å². The van der Waals surface area contributed by atoms with Crippen molar-refractivity contribution in [3.8, 4) is 0 Å². The van der Waals surface area contributed by atoms with E-state index in [9.17, 15) is 10.1 Å². The van der Waals surface area contributed by atoms with E-state index in [4.69, 9.17) is 11.6 Å². The maximum absolute atomic E-state index is 11.2. The van der Waals surface area contributed by atoms with Crippen molar-refractivity contribution in [2.75, 3.05) is 0 Å². The number of benzene rings is 2. The molecule has 0 aliphatic carbocycles. The van der Waals surface area contributed by atoms with Gasteiger partial charge in [-0.05, 0) is 12.1 Å². The molecule has 3 nitrogen and oxygen atoms in total. The Kier molecular flexibility index (Phi) is 3.75. The Morgan fingerprint density at radius 3 is 1.78 bits per heavy atom. The Balaban J connectivity index is 2.58. The summed E-state index contributed by atoms with van der Waals surface area (Å²) in [4.78, 5) is 10.7. The fraction of sp³-hybridized carbons (Fsp3) is 0. The summed E-state index contributed by atoms with van der Waals surface area (Å²) < 4.78 is 0. The monoisotopic (exact) mass is 259 g/mol. The molecule has 0 spiro atoms. The number of rotatable bonds is 3. The van der Waals surface area contributed by atoms with Crippen LogP contribution in [0.5, 0.6) is 0 Å². The Morgan fingerprint density at radius 2 is 1.33 bits per heavy atom. The number of hydrogen-bond donors (Lipinski definition) is 0. The highest BCUT2D eigenvalue weighted by Crippen LogP contribution is 2.29. The fourth-order valence-electron chi connectivity index (χ4n) is 1.63. The molecule has 0 radical (unpaired) electrons. The molecule has 0 bridgehead atoms. The van der Waals surface area contributed by atoms with Crippen molar-refractivity contribution >= 4 is 22.3 Å². The van der Waals surface area contributed by atoms with Crippen molar-refractivity contribution in [1.82, 2.24) is 0 Å². The molecule has 2 rings (SSSR count). The van der Waals surface area contributed by atoms with Gasteiger partial charge in [0.15, 0.2) is 0 Å². The van der Waals surface area contributed by atoms with Crippen LogP contribution in [0.2, 0.25) is 0 Å². The zero-order valence-electron chi connectivity index (χ0n) is 9.42. The Hall–Kier alpha value is -2.13. The number of nitrogens with zero attached hydrogens (tertiary/aromatic N) is 1. The van der Waals surface area contributed by atoms with E-state index in [1.807, 2.05) is 6.07 Å². The molecule has 2 aromatic rings. The average Bonchev–Trinajstić information content (AvgIpc) is 2.40. The fourth-order valence-corrected chi connectivity index (χ4v) is 1.93. The molecule has 2 aromatic carbocycles. The summed E-state index contributed by atoms with van der Waals surface area (Å²) in [6.45, 7) is 0. The molecule has 0 N–H and O–H groups in total. The lowest BCUT2D eigenvalue weighted by atomic mass is 10.1. The van der Waals surface area contributed by atoms with E-state index in [-0.39, 0.29) is 10.7 Å². The third-order valence-corrected chi connectivity index (χ3v) is 2.86. The normalized spacial score (nSPS) is 11.8. The molecule has 0 saturated carbocycles. The third-order valence-electron chi connectivity index (χ3n) is 2.46. The minimum Gasteiger partial charge on any atom is -0.258 e. The average molecular weight is 260 g/mol. The quantitative estimate of drug-likeness (QED) is 0.474. The number of nitro groups is 1. The summed E-state index contributed by atoms with van der Waals surface area (Å²) in [5.41, 5.74) is 1.05. The maximum atomic E-state index is 11.2. The summed E-state index contributed by atoms with van der Waals surface area (Å²) in [7, 11) is 0. The van der Waals surface area contributed by atoms with Gasteiger partial charge in [0, 0.05) is 5.56 Å². The molecule has 4 heteroatoms. The molecule has 0 atom stereocenters. The van der Waals surface area contributed by atoms with Crippen molar-refractivity contribution in [2.45, 2.75) is 0 Å². The second kappa shape index (κ2) is 5.47. The molecular weight excluding hydrogens is 250 g/mol. The van der Waals surface area contributed by atoms with Crippen molar-refractivity contribution in [3.63, 3.8) is 0 Å². The number of hydrogen-bond acceptors (Lipinski definition) is 2. The van der Waals surface area contributed by atoms with E-state index in [1.54, 1.807) is 54.6 Å². The zero-order valence-corrected chi connectivity index (χ0v) is 10.2. The van der Waals surface area contributed by atoms with Gasteiger partial charge in [0.2, 0.25) is 0 Å². The second-order valence-electron chi connectivity index (χ2n) is 3.65. The first-order chi connectivity index (χ1) is 8.70. The molecule has 0 amide bonds. The van der Waals surface area contributed by atoms with E-state index in [0.29, 0.717) is 11.1 Å². The van der Waals surface area contributed by atoms with Crippen molar-refractivity contribution in [3.05, 3.63) is 81.9 Å². The van der Waals surface area contributed by atoms with Crippen LogP contribution < -0.4 is 0 Å². The molecule has 0 unspecified atom stereocenters. The standard InChI is InChI=1S/C14H10ClNO2/c15-13(11-7-3-1-4-8-11)14(16(17)18)12-9-5-2-6-10-12/h1-10H/b14-13+. The molecule has 0 saturated heterocycles. The highest BCUT2D eigenvalue weighted by molar-refractivity contribution is 6.52. The van der Waals surface area contributed by atoms with Crippen LogP contribution in [0.3, 0.4) is 0 Å². The van der Waals surface area contributed by atoms with Gasteiger partial charge in [-0.15, -0.1) is 0 Å². The van der Waals surface area contributed by atoms with Crippen LogP contribution >= 0.6 is 11.6 Å². The number of halogens is 1. The third kappa shape index (κ3) is 2.57. The molecule has 0 fully saturated rings. The topological polar surface area (TPSA) is 43.1 Å². The molecule has 0 aromatic heterocycles. The smallest absolute Gasteiger partial charge is 0.258 e. The molecule has 0 aliphatic heterocycles. The first kappa shape index (κ1) is 12.3. The Bertz CT molecular complexity index is 579. The lowest BCUT2D eigenvalue weighted by Gasteiger charge is -2.03. The first-order valence-corrected chi connectivity index (χ1v) is 5.73. The van der Waals surface area contributed by atoms with Crippen LogP contribution in [-0.2, 0) is 0 Å². The highest BCUT2D eigenvalue weighted by atomic mass is 35.5. The first-order valence-electron chi connectivity index (χ1n) is 5.35. The van der Waals surface area contributed by atoms with Crippen molar-refractivity contribution in [2.24, 2.45) is 0 Å². The van der Waals surface area contributed by atoms with E-state index in [2.05, 4.69) is 0 Å². The Labute approximate surface area is 109 Å². The zero-order chi connectivity index (χ0) is 13.0. The Morgan fingerprint density at radius 1 is 0.889 bits per heavy atom. The molecule has 18 heavy (non-hydrogen) atoms. The van der Waals surface area contributed by atoms with Crippen LogP contribution in [0.15, 0.2) is 60.7 Å². The highest BCUT2D eigenvalue weighted by Gasteiger charge is 2.20. The van der Waals surface area contributed by atoms with Gasteiger partial charge in [0.1, 0.15) is 5.03 Å². The van der Waals surface area contributed by atoms with Crippen LogP contribution in [0.4, 0.5) is 0 Å². The van der Waals surface area contributed by atoms with Crippen molar-refractivity contribution < 1.29 is 4.92 Å². The molecule has 0 heterocycles. The summed E-state index contributed by atoms with van der Waals surface area (Å²) in [6.07, 6.45) is 0. The van der Waals surface area contributed by atoms with E-state index in [0.717, 1.165) is 0 Å². The predicted octanol–water partition coefficient (Wildman–Crippen LogP) is 4.03. The lowest BCUT2D eigenvalue weighted by molar-refractivity contribution is -0.374. The predicted molar refractivity (Wildman–Crippen MR) is 72.5 cm³/mol. The van der Waals surface area contributed by atoms with Gasteiger partial charge in [-0.25, -0.2) is 0 Å². The van der Waals surface area contributed by atoms with Gasteiger partial charge < -0.3 is 0 Å². The van der Waals surface area contributed by atoms with Gasteiger partial charge in [-0.2, -0.15) is 0 Å². The van der Waals surface area contributed by atoms with Crippen LogP contribution in [-0.4, -0.2) is 4.92 Å². The molecular formula is C14H10ClNO2. The molecule has 0 aliphatic rings. The van der Waals surface area contributed by atoms with E-state index in [1.165, 1.54) is 0 Å². The summed E-state index contributed by atoms with van der Waals surface area (Å²) >= 11 is 6.14. The van der Waals surface area contributed by atoms with Gasteiger partial charge >= 0.3 is 0 Å². The van der Waals surface area contributed by atoms with E-state index >= 15 is 0 Å². The second-order valence-corrected chi connectivity index (χ2v) is 4.03. The minimum absolute atomic E-state index is 0.0801. The van der Waals surface area contributed by atoms with Gasteiger partial charge in [0.05, 0.1) is 10.5 Å². The van der Waals surface area contributed by atoms with Gasteiger partial charge in [-0.3, -0.25) is 10.1 Å². The van der Waals surface area contributed by atoms with Crippen LogP contribution in [0, 0.1) is 10.1 Å². The summed E-state index contributed by atoms with van der Waals surface area (Å²) in [5, 5.41) is 11.3. The van der Waals surface area contributed by atoms with Crippen molar-refractivity contribution in [1.29, 1.82) is 0 Å². The van der Waals surface area contributed by atoms with Gasteiger partial charge in [0.25, 0.3) is 5.70 Å².